The number of aryl methyl sites for hydroxylation is 1. The first kappa shape index (κ1) is 12.3. The van der Waals surface area contributed by atoms with Crippen LogP contribution in [0, 0.1) is 12.8 Å². The molecule has 0 amide bonds. The topological polar surface area (TPSA) is 43.4 Å². The second-order valence-electron chi connectivity index (χ2n) is 5.75. The van der Waals surface area contributed by atoms with E-state index in [4.69, 9.17) is 4.74 Å². The first-order chi connectivity index (χ1) is 10.1. The highest BCUT2D eigenvalue weighted by Crippen LogP contribution is 2.42. The van der Waals surface area contributed by atoms with E-state index in [1.807, 2.05) is 43.3 Å². The monoisotopic (exact) mass is 278 g/mol. The Labute approximate surface area is 122 Å². The summed E-state index contributed by atoms with van der Waals surface area (Å²) in [6, 6.07) is 13.3. The largest absolute Gasteiger partial charge is 0.453 e. The van der Waals surface area contributed by atoms with E-state index in [1.165, 1.54) is 0 Å². The van der Waals surface area contributed by atoms with Crippen molar-refractivity contribution in [1.82, 2.24) is 0 Å². The van der Waals surface area contributed by atoms with Crippen LogP contribution in [0.1, 0.15) is 43.5 Å². The lowest BCUT2D eigenvalue weighted by Gasteiger charge is -2.16. The molecule has 0 saturated heterocycles. The summed E-state index contributed by atoms with van der Waals surface area (Å²) >= 11 is 0. The summed E-state index contributed by atoms with van der Waals surface area (Å²) in [5, 5.41) is 0. The number of carbonyl (C=O) groups excluding carboxylic acids is 2. The van der Waals surface area contributed by atoms with Gasteiger partial charge in [0.25, 0.3) is 0 Å². The second-order valence-corrected chi connectivity index (χ2v) is 5.75. The van der Waals surface area contributed by atoms with E-state index in [1.54, 1.807) is 6.07 Å². The van der Waals surface area contributed by atoms with Crippen LogP contribution >= 0.6 is 0 Å². The van der Waals surface area contributed by atoms with Gasteiger partial charge in [0.05, 0.1) is 11.5 Å². The normalized spacial score (nSPS) is 22.9. The fourth-order valence-electron chi connectivity index (χ4n) is 3.34. The van der Waals surface area contributed by atoms with Crippen molar-refractivity contribution in [3.8, 4) is 0 Å². The van der Waals surface area contributed by atoms with Crippen LogP contribution in [0.5, 0.6) is 0 Å². The zero-order valence-electron chi connectivity index (χ0n) is 11.6. The van der Waals surface area contributed by atoms with Crippen LogP contribution in [0.2, 0.25) is 0 Å². The highest BCUT2D eigenvalue weighted by molar-refractivity contribution is 6.04. The number of fused-ring (bicyclic) bond motifs is 2. The molecule has 4 rings (SSSR count). The van der Waals surface area contributed by atoms with Crippen LogP contribution < -0.4 is 0 Å². The molecule has 0 fully saturated rings. The summed E-state index contributed by atoms with van der Waals surface area (Å²) in [6.45, 7) is 1.98. The first-order valence-electron chi connectivity index (χ1n) is 7.09. The van der Waals surface area contributed by atoms with Crippen LogP contribution in [0.4, 0.5) is 0 Å². The third kappa shape index (κ3) is 1.74. The summed E-state index contributed by atoms with van der Waals surface area (Å²) in [7, 11) is 0. The highest BCUT2D eigenvalue weighted by atomic mass is 16.5. The highest BCUT2D eigenvalue weighted by Gasteiger charge is 2.43. The Kier molecular flexibility index (Phi) is 2.52. The van der Waals surface area contributed by atoms with Crippen molar-refractivity contribution >= 4 is 11.8 Å². The second kappa shape index (κ2) is 4.29. The molecule has 2 aliphatic rings. The quantitative estimate of drug-likeness (QED) is 0.752. The van der Waals surface area contributed by atoms with Gasteiger partial charge in [-0.2, -0.15) is 0 Å². The molecule has 3 nitrogen and oxygen atoms in total. The maximum absolute atomic E-state index is 12.7. The van der Waals surface area contributed by atoms with Gasteiger partial charge in [-0.25, -0.2) is 4.79 Å². The summed E-state index contributed by atoms with van der Waals surface area (Å²) in [4.78, 5) is 24.6. The Morgan fingerprint density at radius 3 is 2.71 bits per heavy atom. The van der Waals surface area contributed by atoms with Gasteiger partial charge in [-0.3, -0.25) is 4.79 Å². The van der Waals surface area contributed by atoms with Gasteiger partial charge in [-0.1, -0.05) is 35.9 Å². The number of carbonyl (C=O) groups is 2. The van der Waals surface area contributed by atoms with Gasteiger partial charge in [0.2, 0.25) is 0 Å². The van der Waals surface area contributed by atoms with Crippen LogP contribution in [0.3, 0.4) is 0 Å². The van der Waals surface area contributed by atoms with E-state index >= 15 is 0 Å². The molecule has 0 unspecified atom stereocenters. The van der Waals surface area contributed by atoms with Crippen molar-refractivity contribution in [2.75, 3.05) is 0 Å². The number of hydrogen-bond donors (Lipinski definition) is 0. The number of esters is 1. The number of ketones is 1. The minimum Gasteiger partial charge on any atom is -0.453 e. The van der Waals surface area contributed by atoms with E-state index in [0.717, 1.165) is 22.3 Å². The number of Topliss-reactive ketones (excluding diaryl/α,β-unsaturated/α-hetero) is 1. The van der Waals surface area contributed by atoms with E-state index in [0.29, 0.717) is 12.0 Å². The van der Waals surface area contributed by atoms with Crippen molar-refractivity contribution in [1.29, 1.82) is 0 Å². The molecule has 3 heteroatoms. The van der Waals surface area contributed by atoms with Gasteiger partial charge < -0.3 is 4.74 Å². The Morgan fingerprint density at radius 1 is 1.05 bits per heavy atom. The molecule has 0 bridgehead atoms. The molecule has 2 aromatic carbocycles. The van der Waals surface area contributed by atoms with Crippen LogP contribution in [0.25, 0.3) is 0 Å². The van der Waals surface area contributed by atoms with E-state index in [2.05, 4.69) is 0 Å². The van der Waals surface area contributed by atoms with Gasteiger partial charge in [0, 0.05) is 11.1 Å². The Balaban J connectivity index is 1.75. The van der Waals surface area contributed by atoms with E-state index in [9.17, 15) is 9.59 Å². The van der Waals surface area contributed by atoms with Crippen molar-refractivity contribution in [3.63, 3.8) is 0 Å². The smallest absolute Gasteiger partial charge is 0.339 e. The van der Waals surface area contributed by atoms with E-state index in [-0.39, 0.29) is 17.7 Å². The molecule has 0 aromatic heterocycles. The Morgan fingerprint density at radius 2 is 1.86 bits per heavy atom. The molecule has 0 N–H and O–H groups in total. The maximum atomic E-state index is 12.7. The Hall–Kier alpha value is -2.42. The van der Waals surface area contributed by atoms with Crippen molar-refractivity contribution in [2.45, 2.75) is 19.4 Å². The molecule has 1 aliphatic heterocycles. The summed E-state index contributed by atoms with van der Waals surface area (Å²) in [6.07, 6.45) is 0.190. The summed E-state index contributed by atoms with van der Waals surface area (Å²) in [5.41, 5.74) is 4.33. The van der Waals surface area contributed by atoms with Gasteiger partial charge in [-0.15, -0.1) is 0 Å². The first-order valence-corrected chi connectivity index (χ1v) is 7.09. The van der Waals surface area contributed by atoms with Gasteiger partial charge >= 0.3 is 5.97 Å². The van der Waals surface area contributed by atoms with E-state index < -0.39 is 6.10 Å². The molecule has 0 radical (unpaired) electrons. The lowest BCUT2D eigenvalue weighted by molar-refractivity contribution is 0.0252. The number of hydrogen-bond acceptors (Lipinski definition) is 3. The third-order valence-electron chi connectivity index (χ3n) is 4.39. The van der Waals surface area contributed by atoms with Gasteiger partial charge in [0.1, 0.15) is 6.10 Å². The molecule has 2 aromatic rings. The molecule has 0 spiro atoms. The molecule has 2 atom stereocenters. The zero-order chi connectivity index (χ0) is 14.6. The fraction of sp³-hybridized carbons (Fsp3) is 0.222. The molecule has 1 heterocycles. The molecule has 21 heavy (non-hydrogen) atoms. The standard InChI is InChI=1S/C18H14O3/c1-10-6-7-11-9-15(16(19)14(11)8-10)17-12-4-2-3-5-13(12)18(20)21-17/h2-8,15,17H,9H2,1H3/t15-,17-/m1/s1. The van der Waals surface area contributed by atoms with Gasteiger partial charge in [0.15, 0.2) is 5.78 Å². The average molecular weight is 278 g/mol. The third-order valence-corrected chi connectivity index (χ3v) is 4.39. The van der Waals surface area contributed by atoms with Gasteiger partial charge in [-0.05, 0) is 31.0 Å². The Bertz CT molecular complexity index is 776. The maximum Gasteiger partial charge on any atom is 0.339 e. The molecule has 104 valence electrons. The number of benzene rings is 2. The lowest BCUT2D eigenvalue weighted by atomic mass is 9.91. The zero-order valence-corrected chi connectivity index (χ0v) is 11.6. The van der Waals surface area contributed by atoms with Crippen molar-refractivity contribution in [2.24, 2.45) is 5.92 Å². The predicted octanol–water partition coefficient (Wildman–Crippen LogP) is 3.26. The van der Waals surface area contributed by atoms with Crippen LogP contribution in [-0.2, 0) is 11.2 Å². The van der Waals surface area contributed by atoms with Crippen molar-refractivity contribution < 1.29 is 14.3 Å². The minimum atomic E-state index is -0.450. The number of rotatable bonds is 1. The van der Waals surface area contributed by atoms with Crippen molar-refractivity contribution in [3.05, 3.63) is 70.3 Å². The molecular formula is C18H14O3. The number of cyclic esters (lactones) is 1. The molecular weight excluding hydrogens is 264 g/mol. The SMILES string of the molecule is Cc1ccc2c(c1)C(=O)[C@H]([C@@H]1OC(=O)c3ccccc31)C2. The molecule has 1 aliphatic carbocycles. The fourth-order valence-corrected chi connectivity index (χ4v) is 3.34. The minimum absolute atomic E-state index is 0.0863. The van der Waals surface area contributed by atoms with Crippen LogP contribution in [-0.4, -0.2) is 11.8 Å². The summed E-state index contributed by atoms with van der Waals surface area (Å²) in [5.74, 6) is -0.534. The number of ether oxygens (including phenoxy) is 1. The predicted molar refractivity (Wildman–Crippen MR) is 77.3 cm³/mol. The van der Waals surface area contributed by atoms with Crippen LogP contribution in [0.15, 0.2) is 42.5 Å². The summed E-state index contributed by atoms with van der Waals surface area (Å²) < 4.78 is 5.49. The molecule has 0 saturated carbocycles. The lowest BCUT2D eigenvalue weighted by Crippen LogP contribution is -2.19. The average Bonchev–Trinajstić information content (AvgIpc) is 2.98.